The Hall–Kier alpha value is -1.19. The smallest absolute Gasteiger partial charge is 0.179 e. The van der Waals surface area contributed by atoms with Crippen molar-refractivity contribution in [3.63, 3.8) is 0 Å². The Morgan fingerprint density at radius 1 is 1.35 bits per heavy atom. The number of benzene rings is 1. The number of carbonyl (C=O) groups excluding carboxylic acids is 1. The van der Waals surface area contributed by atoms with Gasteiger partial charge in [-0.25, -0.2) is 0 Å². The molecule has 3 heteroatoms. The van der Waals surface area contributed by atoms with Gasteiger partial charge in [0.25, 0.3) is 0 Å². The SMILES string of the molecule is CCc1ccc(C(=O)C(C)N(CCO)C2CCC2)cc1. The summed E-state index contributed by atoms with van der Waals surface area (Å²) >= 11 is 0. The minimum atomic E-state index is -0.153. The van der Waals surface area contributed by atoms with Gasteiger partial charge in [0, 0.05) is 18.2 Å². The number of rotatable bonds is 7. The Labute approximate surface area is 121 Å². The van der Waals surface area contributed by atoms with E-state index < -0.39 is 0 Å². The van der Waals surface area contributed by atoms with Crippen LogP contribution in [0, 0.1) is 0 Å². The summed E-state index contributed by atoms with van der Waals surface area (Å²) in [6.45, 7) is 4.77. The van der Waals surface area contributed by atoms with Crippen LogP contribution in [0.1, 0.15) is 49.0 Å². The number of carbonyl (C=O) groups is 1. The second-order valence-corrected chi connectivity index (χ2v) is 5.64. The van der Waals surface area contributed by atoms with Crippen LogP contribution in [-0.4, -0.2) is 41.0 Å². The quantitative estimate of drug-likeness (QED) is 0.778. The predicted octanol–water partition coefficient (Wildman–Crippen LogP) is 2.67. The van der Waals surface area contributed by atoms with Crippen molar-refractivity contribution in [1.82, 2.24) is 4.90 Å². The van der Waals surface area contributed by atoms with Crippen LogP contribution in [0.5, 0.6) is 0 Å². The topological polar surface area (TPSA) is 40.5 Å². The summed E-state index contributed by atoms with van der Waals surface area (Å²) in [6, 6.07) is 8.22. The minimum Gasteiger partial charge on any atom is -0.395 e. The maximum absolute atomic E-state index is 12.6. The van der Waals surface area contributed by atoms with Crippen LogP contribution in [0.4, 0.5) is 0 Å². The molecule has 0 bridgehead atoms. The molecule has 1 aromatic rings. The largest absolute Gasteiger partial charge is 0.395 e. The highest BCUT2D eigenvalue weighted by Gasteiger charge is 2.31. The molecule has 0 spiro atoms. The predicted molar refractivity (Wildman–Crippen MR) is 81.0 cm³/mol. The molecule has 0 amide bonds. The summed E-state index contributed by atoms with van der Waals surface area (Å²) < 4.78 is 0. The molecule has 1 unspecified atom stereocenters. The standard InChI is InChI=1S/C17H25NO2/c1-3-14-7-9-15(10-8-14)17(20)13(2)18(11-12-19)16-5-4-6-16/h7-10,13,16,19H,3-6,11-12H2,1-2H3. The maximum atomic E-state index is 12.6. The molecule has 1 N–H and O–H groups in total. The lowest BCUT2D eigenvalue weighted by Crippen LogP contribution is -2.49. The molecule has 110 valence electrons. The lowest BCUT2D eigenvalue weighted by molar-refractivity contribution is 0.0528. The zero-order chi connectivity index (χ0) is 14.5. The first-order valence-electron chi connectivity index (χ1n) is 7.67. The summed E-state index contributed by atoms with van der Waals surface area (Å²) in [4.78, 5) is 14.7. The van der Waals surface area contributed by atoms with Gasteiger partial charge in [0.15, 0.2) is 5.78 Å². The third kappa shape index (κ3) is 3.28. The molecule has 1 aliphatic carbocycles. The Morgan fingerprint density at radius 3 is 2.45 bits per heavy atom. The van der Waals surface area contributed by atoms with Crippen molar-refractivity contribution in [3.05, 3.63) is 35.4 Å². The number of aliphatic hydroxyl groups excluding tert-OH is 1. The number of Topliss-reactive ketones (excluding diaryl/α,β-unsaturated/α-hetero) is 1. The number of hydrogen-bond acceptors (Lipinski definition) is 3. The van der Waals surface area contributed by atoms with E-state index in [1.165, 1.54) is 12.0 Å². The van der Waals surface area contributed by atoms with Gasteiger partial charge in [0.05, 0.1) is 12.6 Å². The Morgan fingerprint density at radius 2 is 2.00 bits per heavy atom. The van der Waals surface area contributed by atoms with Gasteiger partial charge in [-0.3, -0.25) is 9.69 Å². The van der Waals surface area contributed by atoms with E-state index >= 15 is 0 Å². The normalized spacial score (nSPS) is 17.0. The van der Waals surface area contributed by atoms with Crippen molar-refractivity contribution in [3.8, 4) is 0 Å². The fourth-order valence-corrected chi connectivity index (χ4v) is 2.82. The first-order valence-corrected chi connectivity index (χ1v) is 7.67. The molecule has 3 nitrogen and oxygen atoms in total. The minimum absolute atomic E-state index is 0.114. The molecule has 0 aromatic heterocycles. The highest BCUT2D eigenvalue weighted by Crippen LogP contribution is 2.27. The molecule has 0 saturated heterocycles. The molecule has 1 saturated carbocycles. The van der Waals surface area contributed by atoms with Crippen molar-refractivity contribution in [2.75, 3.05) is 13.2 Å². The molecule has 0 aliphatic heterocycles. The van der Waals surface area contributed by atoms with Gasteiger partial charge in [-0.05, 0) is 31.7 Å². The van der Waals surface area contributed by atoms with Gasteiger partial charge < -0.3 is 5.11 Å². The highest BCUT2D eigenvalue weighted by molar-refractivity contribution is 5.99. The third-order valence-corrected chi connectivity index (χ3v) is 4.43. The summed E-state index contributed by atoms with van der Waals surface area (Å²) in [6.07, 6.45) is 4.51. The van der Waals surface area contributed by atoms with Crippen molar-refractivity contribution in [2.45, 2.75) is 51.6 Å². The number of nitrogens with zero attached hydrogens (tertiary/aromatic N) is 1. The fourth-order valence-electron chi connectivity index (χ4n) is 2.82. The van der Waals surface area contributed by atoms with Crippen LogP contribution in [-0.2, 0) is 6.42 Å². The van der Waals surface area contributed by atoms with Crippen molar-refractivity contribution in [1.29, 1.82) is 0 Å². The lowest BCUT2D eigenvalue weighted by atomic mass is 9.89. The maximum Gasteiger partial charge on any atom is 0.179 e. The van der Waals surface area contributed by atoms with Gasteiger partial charge in [0.2, 0.25) is 0 Å². The second kappa shape index (κ2) is 7.00. The molecule has 1 aliphatic rings. The number of hydrogen-bond donors (Lipinski definition) is 1. The van der Waals surface area contributed by atoms with Gasteiger partial charge in [-0.15, -0.1) is 0 Å². The fraction of sp³-hybridized carbons (Fsp3) is 0.588. The highest BCUT2D eigenvalue weighted by atomic mass is 16.3. The molecule has 0 heterocycles. The van der Waals surface area contributed by atoms with Gasteiger partial charge in [0.1, 0.15) is 0 Å². The Balaban J connectivity index is 2.08. The number of aryl methyl sites for hydroxylation is 1. The Bertz CT molecular complexity index is 437. The lowest BCUT2D eigenvalue weighted by Gasteiger charge is -2.40. The average Bonchev–Trinajstić information content (AvgIpc) is 2.43. The molecule has 20 heavy (non-hydrogen) atoms. The average molecular weight is 275 g/mol. The van der Waals surface area contributed by atoms with Crippen molar-refractivity contribution >= 4 is 5.78 Å². The van der Waals surface area contributed by atoms with Crippen LogP contribution in [0.2, 0.25) is 0 Å². The van der Waals surface area contributed by atoms with Gasteiger partial charge in [-0.1, -0.05) is 37.6 Å². The summed E-state index contributed by atoms with van der Waals surface area (Å²) in [5.74, 6) is 0.160. The zero-order valence-corrected chi connectivity index (χ0v) is 12.5. The molecule has 2 rings (SSSR count). The second-order valence-electron chi connectivity index (χ2n) is 5.64. The van der Waals surface area contributed by atoms with E-state index in [4.69, 9.17) is 0 Å². The van der Waals surface area contributed by atoms with E-state index in [0.717, 1.165) is 24.8 Å². The van der Waals surface area contributed by atoms with Crippen molar-refractivity contribution in [2.24, 2.45) is 0 Å². The van der Waals surface area contributed by atoms with Gasteiger partial charge >= 0.3 is 0 Å². The van der Waals surface area contributed by atoms with Crippen LogP contribution in [0.3, 0.4) is 0 Å². The molecular formula is C17H25NO2. The van der Waals surface area contributed by atoms with Crippen molar-refractivity contribution < 1.29 is 9.90 Å². The molecule has 1 aromatic carbocycles. The zero-order valence-electron chi connectivity index (χ0n) is 12.5. The number of ketones is 1. The first kappa shape index (κ1) is 15.2. The molecule has 1 atom stereocenters. The van der Waals surface area contributed by atoms with Crippen LogP contribution >= 0.6 is 0 Å². The summed E-state index contributed by atoms with van der Waals surface area (Å²) in [7, 11) is 0. The molecule has 0 radical (unpaired) electrons. The summed E-state index contributed by atoms with van der Waals surface area (Å²) in [5, 5.41) is 9.22. The van der Waals surface area contributed by atoms with Crippen LogP contribution < -0.4 is 0 Å². The Kier molecular flexibility index (Phi) is 5.32. The van der Waals surface area contributed by atoms with E-state index in [1.807, 2.05) is 31.2 Å². The van der Waals surface area contributed by atoms with E-state index in [2.05, 4.69) is 11.8 Å². The molecule has 1 fully saturated rings. The first-order chi connectivity index (χ1) is 9.67. The molecular weight excluding hydrogens is 250 g/mol. The van der Waals surface area contributed by atoms with E-state index in [-0.39, 0.29) is 18.4 Å². The van der Waals surface area contributed by atoms with Crippen LogP contribution in [0.15, 0.2) is 24.3 Å². The summed E-state index contributed by atoms with van der Waals surface area (Å²) in [5.41, 5.74) is 2.03. The van der Waals surface area contributed by atoms with Crippen LogP contribution in [0.25, 0.3) is 0 Å². The third-order valence-electron chi connectivity index (χ3n) is 4.43. The van der Waals surface area contributed by atoms with E-state index in [0.29, 0.717) is 12.6 Å². The van der Waals surface area contributed by atoms with E-state index in [1.54, 1.807) is 0 Å². The number of aliphatic hydroxyl groups is 1. The van der Waals surface area contributed by atoms with Gasteiger partial charge in [-0.2, -0.15) is 0 Å². The van der Waals surface area contributed by atoms with E-state index in [9.17, 15) is 9.90 Å². The monoisotopic (exact) mass is 275 g/mol.